The van der Waals surface area contributed by atoms with Crippen molar-refractivity contribution in [2.45, 2.75) is 57.7 Å². The van der Waals surface area contributed by atoms with Crippen molar-refractivity contribution in [1.29, 1.82) is 0 Å². The number of amides is 2. The van der Waals surface area contributed by atoms with E-state index in [0.29, 0.717) is 33.9 Å². The molecule has 1 aliphatic carbocycles. The Morgan fingerprint density at radius 3 is 2.41 bits per heavy atom. The molecule has 8 heteroatoms. The highest BCUT2D eigenvalue weighted by atomic mass is 19.1. The third-order valence-electron chi connectivity index (χ3n) is 6.86. The average Bonchev–Trinajstić information content (AvgIpc) is 3.35. The third kappa shape index (κ3) is 5.96. The summed E-state index contributed by atoms with van der Waals surface area (Å²) in [6.07, 6.45) is 6.46. The van der Waals surface area contributed by atoms with Crippen molar-refractivity contribution < 1.29 is 27.9 Å². The summed E-state index contributed by atoms with van der Waals surface area (Å²) in [6.45, 7) is 1.76. The lowest BCUT2D eigenvalue weighted by atomic mass is 9.94. The molecule has 1 aromatic heterocycles. The first-order chi connectivity index (χ1) is 17.9. The van der Waals surface area contributed by atoms with Gasteiger partial charge in [0, 0.05) is 18.2 Å². The molecule has 1 heterocycles. The summed E-state index contributed by atoms with van der Waals surface area (Å²) in [6, 6.07) is 11.7. The fraction of sp³-hybridized carbons (Fsp3) is 0.379. The Balaban J connectivity index is 1.83. The number of halogens is 1. The number of para-hydroxylation sites is 1. The van der Waals surface area contributed by atoms with Crippen LogP contribution in [0.5, 0.6) is 11.5 Å². The minimum atomic E-state index is -1.04. The Morgan fingerprint density at radius 2 is 1.78 bits per heavy atom. The van der Waals surface area contributed by atoms with Gasteiger partial charge in [0.2, 0.25) is 5.91 Å². The number of furan rings is 1. The summed E-state index contributed by atoms with van der Waals surface area (Å²) in [5.74, 6) is 0.185. The molecule has 4 rings (SSSR count). The van der Waals surface area contributed by atoms with Gasteiger partial charge in [-0.15, -0.1) is 0 Å². The maximum Gasteiger partial charge on any atom is 0.258 e. The second kappa shape index (κ2) is 12.0. The summed E-state index contributed by atoms with van der Waals surface area (Å²) < 4.78 is 30.3. The minimum Gasteiger partial charge on any atom is -0.493 e. The zero-order valence-corrected chi connectivity index (χ0v) is 21.5. The van der Waals surface area contributed by atoms with Crippen molar-refractivity contribution in [3.63, 3.8) is 0 Å². The quantitative estimate of drug-likeness (QED) is 0.408. The van der Waals surface area contributed by atoms with Crippen molar-refractivity contribution in [2.24, 2.45) is 0 Å². The normalized spacial score (nSPS) is 14.6. The average molecular weight is 509 g/mol. The van der Waals surface area contributed by atoms with E-state index in [4.69, 9.17) is 13.9 Å². The molecule has 1 N–H and O–H groups in total. The molecule has 2 amide bonds. The zero-order chi connectivity index (χ0) is 26.4. The first kappa shape index (κ1) is 26.3. The van der Waals surface area contributed by atoms with Crippen LogP contribution in [0.2, 0.25) is 0 Å². The summed E-state index contributed by atoms with van der Waals surface area (Å²) in [4.78, 5) is 29.5. The van der Waals surface area contributed by atoms with Crippen LogP contribution in [0.4, 0.5) is 4.39 Å². The summed E-state index contributed by atoms with van der Waals surface area (Å²) in [7, 11) is 3.03. The number of benzene rings is 2. The number of nitrogens with zero attached hydrogens (tertiary/aromatic N) is 1. The second-order valence-corrected chi connectivity index (χ2v) is 9.28. The van der Waals surface area contributed by atoms with Crippen LogP contribution in [0.1, 0.15) is 65.4 Å². The van der Waals surface area contributed by atoms with Gasteiger partial charge in [-0.25, -0.2) is 4.39 Å². The highest BCUT2D eigenvalue weighted by Gasteiger charge is 2.37. The van der Waals surface area contributed by atoms with Crippen molar-refractivity contribution in [3.05, 3.63) is 83.1 Å². The van der Waals surface area contributed by atoms with Crippen LogP contribution in [0, 0.1) is 12.7 Å². The SMILES string of the molecule is COc1cccc([C@H](C(=O)NC2CCCCC2)N(Cc2ccc(F)cc2)C(=O)c2ccoc2C)c1OC. The Bertz CT molecular complexity index is 1220. The van der Waals surface area contributed by atoms with Gasteiger partial charge in [0.15, 0.2) is 11.5 Å². The topological polar surface area (TPSA) is 81.0 Å². The van der Waals surface area contributed by atoms with Crippen LogP contribution in [0.3, 0.4) is 0 Å². The van der Waals surface area contributed by atoms with Crippen LogP contribution < -0.4 is 14.8 Å². The van der Waals surface area contributed by atoms with Crippen molar-refractivity contribution in [1.82, 2.24) is 10.2 Å². The maximum atomic E-state index is 14.0. The second-order valence-electron chi connectivity index (χ2n) is 9.28. The van der Waals surface area contributed by atoms with E-state index in [1.54, 1.807) is 43.3 Å². The molecule has 1 aliphatic rings. The van der Waals surface area contributed by atoms with Crippen LogP contribution >= 0.6 is 0 Å². The molecule has 196 valence electrons. The fourth-order valence-electron chi connectivity index (χ4n) is 4.93. The molecule has 0 spiro atoms. The van der Waals surface area contributed by atoms with Crippen LogP contribution in [-0.4, -0.2) is 37.0 Å². The Kier molecular flexibility index (Phi) is 8.48. The molecule has 7 nitrogen and oxygen atoms in total. The van der Waals surface area contributed by atoms with Gasteiger partial charge in [-0.3, -0.25) is 9.59 Å². The first-order valence-electron chi connectivity index (χ1n) is 12.5. The van der Waals surface area contributed by atoms with Crippen LogP contribution in [0.25, 0.3) is 0 Å². The first-order valence-corrected chi connectivity index (χ1v) is 12.5. The number of hydrogen-bond acceptors (Lipinski definition) is 5. The number of ether oxygens (including phenoxy) is 2. The highest BCUT2D eigenvalue weighted by molar-refractivity contribution is 5.99. The molecule has 1 atom stereocenters. The van der Waals surface area contributed by atoms with Crippen molar-refractivity contribution in [3.8, 4) is 11.5 Å². The number of carbonyl (C=O) groups is 2. The van der Waals surface area contributed by atoms with Gasteiger partial charge in [-0.05, 0) is 49.6 Å². The molecular weight excluding hydrogens is 475 g/mol. The van der Waals surface area contributed by atoms with Gasteiger partial charge in [-0.1, -0.05) is 43.5 Å². The molecule has 1 fully saturated rings. The molecule has 0 saturated heterocycles. The van der Waals surface area contributed by atoms with E-state index in [2.05, 4.69) is 5.32 Å². The molecule has 2 aromatic carbocycles. The van der Waals surface area contributed by atoms with Gasteiger partial charge in [-0.2, -0.15) is 0 Å². The number of hydrogen-bond donors (Lipinski definition) is 1. The predicted molar refractivity (Wildman–Crippen MR) is 137 cm³/mol. The Morgan fingerprint density at radius 1 is 1.05 bits per heavy atom. The maximum absolute atomic E-state index is 14.0. The molecule has 1 saturated carbocycles. The van der Waals surface area contributed by atoms with E-state index in [0.717, 1.165) is 32.1 Å². The molecule has 37 heavy (non-hydrogen) atoms. The Labute approximate surface area is 216 Å². The number of methoxy groups -OCH3 is 2. The lowest BCUT2D eigenvalue weighted by Crippen LogP contribution is -2.47. The summed E-state index contributed by atoms with van der Waals surface area (Å²) >= 11 is 0. The molecule has 0 radical (unpaired) electrons. The fourth-order valence-corrected chi connectivity index (χ4v) is 4.93. The summed E-state index contributed by atoms with van der Waals surface area (Å²) in [5, 5.41) is 3.18. The standard InChI is InChI=1S/C29H33FN2O5/c1-19-23(16-17-37-19)29(34)32(18-20-12-14-21(30)15-13-20)26(28(33)31-22-8-5-4-6-9-22)24-10-7-11-25(35-2)27(24)36-3/h7,10-17,22,26H,4-6,8-9,18H2,1-3H3,(H,31,33)/t26-/m1/s1. The van der Waals surface area contributed by atoms with E-state index >= 15 is 0 Å². The molecular formula is C29H33FN2O5. The molecule has 0 unspecified atom stereocenters. The lowest BCUT2D eigenvalue weighted by Gasteiger charge is -2.34. The largest absolute Gasteiger partial charge is 0.493 e. The molecule has 3 aromatic rings. The highest BCUT2D eigenvalue weighted by Crippen LogP contribution is 2.39. The number of nitrogens with one attached hydrogen (secondary N) is 1. The summed E-state index contributed by atoms with van der Waals surface area (Å²) in [5.41, 5.74) is 1.51. The van der Waals surface area contributed by atoms with Crippen LogP contribution in [-0.2, 0) is 11.3 Å². The van der Waals surface area contributed by atoms with E-state index in [1.807, 2.05) is 0 Å². The monoisotopic (exact) mass is 508 g/mol. The van der Waals surface area contributed by atoms with Crippen LogP contribution in [0.15, 0.2) is 59.2 Å². The van der Waals surface area contributed by atoms with E-state index in [-0.39, 0.29) is 30.2 Å². The lowest BCUT2D eigenvalue weighted by molar-refractivity contribution is -0.127. The number of rotatable bonds is 9. The van der Waals surface area contributed by atoms with Gasteiger partial charge in [0.25, 0.3) is 5.91 Å². The number of aryl methyl sites for hydroxylation is 1. The van der Waals surface area contributed by atoms with Gasteiger partial charge in [0.05, 0.1) is 26.0 Å². The third-order valence-corrected chi connectivity index (χ3v) is 6.86. The van der Waals surface area contributed by atoms with Crippen molar-refractivity contribution >= 4 is 11.8 Å². The van der Waals surface area contributed by atoms with Gasteiger partial charge < -0.3 is 24.1 Å². The van der Waals surface area contributed by atoms with E-state index < -0.39 is 6.04 Å². The van der Waals surface area contributed by atoms with Gasteiger partial charge in [0.1, 0.15) is 17.6 Å². The van der Waals surface area contributed by atoms with Gasteiger partial charge >= 0.3 is 0 Å². The smallest absolute Gasteiger partial charge is 0.258 e. The van der Waals surface area contributed by atoms with E-state index in [9.17, 15) is 14.0 Å². The zero-order valence-electron chi connectivity index (χ0n) is 21.5. The molecule has 0 aliphatic heterocycles. The predicted octanol–water partition coefficient (Wildman–Crippen LogP) is 5.58. The Hall–Kier alpha value is -3.81. The minimum absolute atomic E-state index is 0.0267. The van der Waals surface area contributed by atoms with Crippen molar-refractivity contribution in [2.75, 3.05) is 14.2 Å². The number of carbonyl (C=O) groups excluding carboxylic acids is 2. The van der Waals surface area contributed by atoms with E-state index in [1.165, 1.54) is 37.5 Å². The molecule has 0 bridgehead atoms.